The van der Waals surface area contributed by atoms with Crippen molar-refractivity contribution in [1.82, 2.24) is 14.9 Å². The van der Waals surface area contributed by atoms with Gasteiger partial charge in [-0.05, 0) is 30.7 Å². The van der Waals surface area contributed by atoms with Gasteiger partial charge in [-0.15, -0.1) is 11.3 Å². The molecule has 0 spiro atoms. The van der Waals surface area contributed by atoms with Gasteiger partial charge < -0.3 is 9.88 Å². The lowest BCUT2D eigenvalue weighted by Gasteiger charge is -2.17. The van der Waals surface area contributed by atoms with Crippen molar-refractivity contribution in [3.63, 3.8) is 0 Å². The van der Waals surface area contributed by atoms with Crippen LogP contribution in [0.5, 0.6) is 0 Å². The first kappa shape index (κ1) is 12.9. The first-order chi connectivity index (χ1) is 9.38. The zero-order valence-corrected chi connectivity index (χ0v) is 12.2. The van der Waals surface area contributed by atoms with Gasteiger partial charge in [0.05, 0.1) is 12.0 Å². The first-order valence-corrected chi connectivity index (χ1v) is 8.04. The Labute approximate surface area is 118 Å². The Bertz CT molecular complexity index is 499. The van der Waals surface area contributed by atoms with Gasteiger partial charge in [0, 0.05) is 29.7 Å². The lowest BCUT2D eigenvalue weighted by molar-refractivity contribution is 0.487. The average molecular weight is 275 g/mol. The maximum absolute atomic E-state index is 4.30. The zero-order valence-electron chi connectivity index (χ0n) is 11.4. The van der Waals surface area contributed by atoms with Gasteiger partial charge in [-0.3, -0.25) is 0 Å². The van der Waals surface area contributed by atoms with Crippen molar-refractivity contribution in [2.45, 2.75) is 51.2 Å². The van der Waals surface area contributed by atoms with Crippen molar-refractivity contribution in [3.05, 3.63) is 40.6 Å². The summed E-state index contributed by atoms with van der Waals surface area (Å²) in [6.45, 7) is 3.16. The summed E-state index contributed by atoms with van der Waals surface area (Å²) in [6, 6.07) is 5.56. The quantitative estimate of drug-likeness (QED) is 0.830. The maximum atomic E-state index is 4.30. The van der Waals surface area contributed by atoms with Crippen LogP contribution in [-0.4, -0.2) is 9.55 Å². The highest BCUT2D eigenvalue weighted by Crippen LogP contribution is 2.35. The summed E-state index contributed by atoms with van der Waals surface area (Å²) in [5, 5.41) is 5.86. The molecule has 0 aliphatic heterocycles. The summed E-state index contributed by atoms with van der Waals surface area (Å²) in [5.74, 6) is 0. The van der Waals surface area contributed by atoms with Crippen LogP contribution in [0.2, 0.25) is 0 Å². The van der Waals surface area contributed by atoms with Crippen LogP contribution < -0.4 is 5.32 Å². The summed E-state index contributed by atoms with van der Waals surface area (Å²) < 4.78 is 2.34. The number of aromatic nitrogens is 2. The van der Waals surface area contributed by atoms with E-state index in [0.717, 1.165) is 6.54 Å². The predicted molar refractivity (Wildman–Crippen MR) is 79.3 cm³/mol. The van der Waals surface area contributed by atoms with Crippen molar-refractivity contribution in [2.24, 2.45) is 0 Å². The molecule has 0 amide bonds. The van der Waals surface area contributed by atoms with Gasteiger partial charge in [0.2, 0.25) is 0 Å². The molecule has 0 saturated heterocycles. The van der Waals surface area contributed by atoms with Gasteiger partial charge in [0.25, 0.3) is 0 Å². The second-order valence-corrected chi connectivity index (χ2v) is 6.24. The number of thiophene rings is 1. The van der Waals surface area contributed by atoms with Gasteiger partial charge in [-0.25, -0.2) is 4.98 Å². The normalized spacial score (nSPS) is 16.7. The SMILES string of the molecule is CCCC(NCc1cncn1C1CC1)c1cccs1. The minimum Gasteiger partial charge on any atom is -0.330 e. The molecular formula is C15H21N3S. The first-order valence-electron chi connectivity index (χ1n) is 7.16. The molecule has 1 unspecified atom stereocenters. The summed E-state index contributed by atoms with van der Waals surface area (Å²) in [6.07, 6.45) is 9.01. The molecule has 19 heavy (non-hydrogen) atoms. The molecule has 1 atom stereocenters. The van der Waals surface area contributed by atoms with Crippen LogP contribution >= 0.6 is 11.3 Å². The molecule has 2 heterocycles. The highest BCUT2D eigenvalue weighted by molar-refractivity contribution is 7.10. The number of nitrogens with one attached hydrogen (secondary N) is 1. The Morgan fingerprint density at radius 1 is 1.53 bits per heavy atom. The average Bonchev–Trinajstić information content (AvgIpc) is 2.95. The molecule has 0 radical (unpaired) electrons. The van der Waals surface area contributed by atoms with Gasteiger partial charge in [-0.2, -0.15) is 0 Å². The monoisotopic (exact) mass is 275 g/mol. The van der Waals surface area contributed by atoms with Crippen molar-refractivity contribution < 1.29 is 0 Å². The van der Waals surface area contributed by atoms with E-state index < -0.39 is 0 Å². The van der Waals surface area contributed by atoms with Gasteiger partial charge in [-0.1, -0.05) is 19.4 Å². The van der Waals surface area contributed by atoms with E-state index in [9.17, 15) is 0 Å². The van der Waals surface area contributed by atoms with Gasteiger partial charge in [0.1, 0.15) is 0 Å². The smallest absolute Gasteiger partial charge is 0.0951 e. The van der Waals surface area contributed by atoms with Gasteiger partial charge >= 0.3 is 0 Å². The lowest BCUT2D eigenvalue weighted by Crippen LogP contribution is -2.21. The zero-order chi connectivity index (χ0) is 13.1. The van der Waals surface area contributed by atoms with Crippen LogP contribution in [0.3, 0.4) is 0 Å². The Morgan fingerprint density at radius 3 is 3.11 bits per heavy atom. The number of imidazole rings is 1. The summed E-state index contributed by atoms with van der Waals surface area (Å²) in [4.78, 5) is 5.74. The molecule has 2 aromatic heterocycles. The molecule has 1 fully saturated rings. The van der Waals surface area contributed by atoms with Crippen LogP contribution in [0, 0.1) is 0 Å². The second kappa shape index (κ2) is 5.88. The van der Waals surface area contributed by atoms with Crippen LogP contribution in [0.15, 0.2) is 30.0 Å². The number of nitrogens with zero attached hydrogens (tertiary/aromatic N) is 2. The lowest BCUT2D eigenvalue weighted by atomic mass is 10.1. The third-order valence-electron chi connectivity index (χ3n) is 3.68. The fraction of sp³-hybridized carbons (Fsp3) is 0.533. The second-order valence-electron chi connectivity index (χ2n) is 5.26. The van der Waals surface area contributed by atoms with Crippen molar-refractivity contribution in [3.8, 4) is 0 Å². The Hall–Kier alpha value is -1.13. The molecular weight excluding hydrogens is 254 g/mol. The van der Waals surface area contributed by atoms with Gasteiger partial charge in [0.15, 0.2) is 0 Å². The molecule has 2 aromatic rings. The van der Waals surface area contributed by atoms with Crippen molar-refractivity contribution in [1.29, 1.82) is 0 Å². The Balaban J connectivity index is 1.64. The predicted octanol–water partition coefficient (Wildman–Crippen LogP) is 3.91. The fourth-order valence-electron chi connectivity index (χ4n) is 2.50. The van der Waals surface area contributed by atoms with E-state index in [1.807, 2.05) is 23.9 Å². The van der Waals surface area contributed by atoms with Crippen molar-refractivity contribution in [2.75, 3.05) is 0 Å². The minimum absolute atomic E-state index is 0.479. The summed E-state index contributed by atoms with van der Waals surface area (Å²) >= 11 is 1.85. The van der Waals surface area contributed by atoms with E-state index in [2.05, 4.69) is 39.3 Å². The molecule has 1 saturated carbocycles. The summed E-state index contributed by atoms with van der Waals surface area (Å²) in [7, 11) is 0. The number of hydrogen-bond donors (Lipinski definition) is 1. The van der Waals surface area contributed by atoms with E-state index in [1.165, 1.54) is 36.3 Å². The van der Waals surface area contributed by atoms with Crippen molar-refractivity contribution >= 4 is 11.3 Å². The molecule has 0 aromatic carbocycles. The van der Waals surface area contributed by atoms with Crippen LogP contribution in [0.25, 0.3) is 0 Å². The number of hydrogen-bond acceptors (Lipinski definition) is 3. The van der Waals surface area contributed by atoms with E-state index in [0.29, 0.717) is 12.1 Å². The molecule has 102 valence electrons. The standard InChI is InChI=1S/C15H21N3S/c1-2-4-14(15-5-3-8-19-15)17-10-13-9-16-11-18(13)12-6-7-12/h3,5,8-9,11-12,14,17H,2,4,6-7,10H2,1H3. The van der Waals surface area contributed by atoms with E-state index >= 15 is 0 Å². The summed E-state index contributed by atoms with van der Waals surface area (Å²) in [5.41, 5.74) is 1.32. The Kier molecular flexibility index (Phi) is 3.99. The molecule has 1 aliphatic carbocycles. The van der Waals surface area contributed by atoms with Crippen LogP contribution in [-0.2, 0) is 6.54 Å². The van der Waals surface area contributed by atoms with Crippen LogP contribution in [0.1, 0.15) is 55.3 Å². The minimum atomic E-state index is 0.479. The molecule has 1 N–H and O–H groups in total. The fourth-order valence-corrected chi connectivity index (χ4v) is 3.34. The van der Waals surface area contributed by atoms with E-state index in [1.54, 1.807) is 0 Å². The molecule has 4 heteroatoms. The molecule has 3 nitrogen and oxygen atoms in total. The van der Waals surface area contributed by atoms with E-state index in [-0.39, 0.29) is 0 Å². The highest BCUT2D eigenvalue weighted by atomic mass is 32.1. The third kappa shape index (κ3) is 3.07. The number of rotatable bonds is 7. The molecule has 3 rings (SSSR count). The molecule has 1 aliphatic rings. The highest BCUT2D eigenvalue weighted by Gasteiger charge is 2.25. The van der Waals surface area contributed by atoms with E-state index in [4.69, 9.17) is 0 Å². The maximum Gasteiger partial charge on any atom is 0.0951 e. The molecule has 0 bridgehead atoms. The van der Waals surface area contributed by atoms with Crippen LogP contribution in [0.4, 0.5) is 0 Å². The Morgan fingerprint density at radius 2 is 2.42 bits per heavy atom. The topological polar surface area (TPSA) is 29.9 Å². The third-order valence-corrected chi connectivity index (χ3v) is 4.67. The largest absolute Gasteiger partial charge is 0.330 e.